The van der Waals surface area contributed by atoms with Crippen LogP contribution < -0.4 is 0 Å². The van der Waals surface area contributed by atoms with Gasteiger partial charge in [-0.05, 0) is 36.5 Å². The first-order valence-electron chi connectivity index (χ1n) is 4.66. The van der Waals surface area contributed by atoms with E-state index in [9.17, 15) is 0 Å². The second-order valence-electron chi connectivity index (χ2n) is 3.42. The van der Waals surface area contributed by atoms with Crippen LogP contribution in [0.4, 0.5) is 0 Å². The van der Waals surface area contributed by atoms with Crippen molar-refractivity contribution >= 4 is 0 Å². The van der Waals surface area contributed by atoms with Crippen LogP contribution in [0.5, 0.6) is 0 Å². The van der Waals surface area contributed by atoms with Gasteiger partial charge in [0.25, 0.3) is 0 Å². The summed E-state index contributed by atoms with van der Waals surface area (Å²) in [4.78, 5) is 4.15. The van der Waals surface area contributed by atoms with Gasteiger partial charge in [0, 0.05) is 12.4 Å². The second-order valence-corrected chi connectivity index (χ2v) is 3.42. The van der Waals surface area contributed by atoms with Crippen LogP contribution in [-0.2, 0) is 0 Å². The number of hydrogen-bond donors (Lipinski definition) is 0. The minimum absolute atomic E-state index is 0.656. The average molecular weight is 163 g/mol. The third-order valence-corrected chi connectivity index (χ3v) is 2.33. The number of pyridine rings is 1. The molecule has 0 N–H and O–H groups in total. The molecular formula is C11H17N. The average Bonchev–Trinajstić information content (AvgIpc) is 2.05. The SMILES string of the molecule is CCCC(C)c1cnccc1C. The van der Waals surface area contributed by atoms with Crippen molar-refractivity contribution in [1.29, 1.82) is 0 Å². The summed E-state index contributed by atoms with van der Waals surface area (Å²) >= 11 is 0. The Morgan fingerprint density at radius 3 is 2.83 bits per heavy atom. The van der Waals surface area contributed by atoms with Gasteiger partial charge >= 0.3 is 0 Å². The van der Waals surface area contributed by atoms with Crippen LogP contribution in [0.3, 0.4) is 0 Å². The highest BCUT2D eigenvalue weighted by Gasteiger charge is 2.06. The van der Waals surface area contributed by atoms with E-state index in [4.69, 9.17) is 0 Å². The van der Waals surface area contributed by atoms with E-state index >= 15 is 0 Å². The molecule has 0 aliphatic carbocycles. The molecule has 0 aromatic carbocycles. The molecule has 1 nitrogen and oxygen atoms in total. The Morgan fingerprint density at radius 2 is 2.25 bits per heavy atom. The van der Waals surface area contributed by atoms with Crippen LogP contribution in [0.2, 0.25) is 0 Å². The van der Waals surface area contributed by atoms with Crippen LogP contribution in [0.15, 0.2) is 18.5 Å². The Labute approximate surface area is 74.8 Å². The molecule has 0 saturated heterocycles. The lowest BCUT2D eigenvalue weighted by Crippen LogP contribution is -1.96. The van der Waals surface area contributed by atoms with Crippen molar-refractivity contribution in [2.75, 3.05) is 0 Å². The zero-order valence-electron chi connectivity index (χ0n) is 8.17. The summed E-state index contributed by atoms with van der Waals surface area (Å²) in [6, 6.07) is 2.08. The summed E-state index contributed by atoms with van der Waals surface area (Å²) in [5.74, 6) is 0.656. The smallest absolute Gasteiger partial charge is 0.0305 e. The van der Waals surface area contributed by atoms with Gasteiger partial charge in [-0.3, -0.25) is 4.98 Å². The maximum absolute atomic E-state index is 4.15. The lowest BCUT2D eigenvalue weighted by molar-refractivity contribution is 0.659. The first kappa shape index (κ1) is 9.24. The van der Waals surface area contributed by atoms with Crippen molar-refractivity contribution in [1.82, 2.24) is 4.98 Å². The topological polar surface area (TPSA) is 12.9 Å². The predicted octanol–water partition coefficient (Wildman–Crippen LogP) is 3.29. The highest BCUT2D eigenvalue weighted by molar-refractivity contribution is 5.24. The van der Waals surface area contributed by atoms with Crippen LogP contribution >= 0.6 is 0 Å². The summed E-state index contributed by atoms with van der Waals surface area (Å²) < 4.78 is 0. The molecular weight excluding hydrogens is 146 g/mol. The number of aryl methyl sites for hydroxylation is 1. The number of rotatable bonds is 3. The third-order valence-electron chi connectivity index (χ3n) is 2.33. The molecule has 0 fully saturated rings. The number of hydrogen-bond acceptors (Lipinski definition) is 1. The van der Waals surface area contributed by atoms with Gasteiger partial charge in [0.1, 0.15) is 0 Å². The largest absolute Gasteiger partial charge is 0.264 e. The fourth-order valence-corrected chi connectivity index (χ4v) is 1.58. The van der Waals surface area contributed by atoms with E-state index < -0.39 is 0 Å². The lowest BCUT2D eigenvalue weighted by Gasteiger charge is -2.12. The molecule has 0 spiro atoms. The summed E-state index contributed by atoms with van der Waals surface area (Å²) in [6.07, 6.45) is 6.36. The first-order valence-corrected chi connectivity index (χ1v) is 4.66. The molecule has 12 heavy (non-hydrogen) atoms. The summed E-state index contributed by atoms with van der Waals surface area (Å²) in [6.45, 7) is 6.65. The quantitative estimate of drug-likeness (QED) is 0.666. The number of nitrogens with zero attached hydrogens (tertiary/aromatic N) is 1. The Balaban J connectivity index is 2.79. The van der Waals surface area contributed by atoms with Crippen molar-refractivity contribution < 1.29 is 0 Å². The molecule has 1 atom stereocenters. The van der Waals surface area contributed by atoms with Crippen LogP contribution in [-0.4, -0.2) is 4.98 Å². The molecule has 1 aromatic rings. The van der Waals surface area contributed by atoms with E-state index in [2.05, 4.69) is 31.8 Å². The molecule has 0 saturated carbocycles. The number of aromatic nitrogens is 1. The second kappa shape index (κ2) is 4.24. The van der Waals surface area contributed by atoms with Gasteiger partial charge in [0.05, 0.1) is 0 Å². The Morgan fingerprint density at radius 1 is 1.50 bits per heavy atom. The molecule has 1 rings (SSSR count). The molecule has 0 aliphatic heterocycles. The van der Waals surface area contributed by atoms with Crippen LogP contribution in [0, 0.1) is 6.92 Å². The van der Waals surface area contributed by atoms with E-state index in [0.29, 0.717) is 5.92 Å². The summed E-state index contributed by atoms with van der Waals surface area (Å²) in [7, 11) is 0. The van der Waals surface area contributed by atoms with Gasteiger partial charge in [-0.2, -0.15) is 0 Å². The molecule has 1 unspecified atom stereocenters. The molecule has 1 heteroatoms. The van der Waals surface area contributed by atoms with Gasteiger partial charge in [-0.1, -0.05) is 20.3 Å². The van der Waals surface area contributed by atoms with Crippen molar-refractivity contribution in [3.63, 3.8) is 0 Å². The van der Waals surface area contributed by atoms with Gasteiger partial charge in [0.2, 0.25) is 0 Å². The third kappa shape index (κ3) is 2.07. The molecule has 0 bridgehead atoms. The Bertz CT molecular complexity index is 243. The fourth-order valence-electron chi connectivity index (χ4n) is 1.58. The van der Waals surface area contributed by atoms with E-state index in [1.807, 2.05) is 12.4 Å². The van der Waals surface area contributed by atoms with Crippen molar-refractivity contribution in [2.45, 2.75) is 39.5 Å². The highest BCUT2D eigenvalue weighted by Crippen LogP contribution is 2.22. The molecule has 1 heterocycles. The van der Waals surface area contributed by atoms with Gasteiger partial charge < -0.3 is 0 Å². The van der Waals surface area contributed by atoms with E-state index in [1.54, 1.807) is 0 Å². The molecule has 0 radical (unpaired) electrons. The van der Waals surface area contributed by atoms with Crippen molar-refractivity contribution in [3.8, 4) is 0 Å². The summed E-state index contributed by atoms with van der Waals surface area (Å²) in [5, 5.41) is 0. The van der Waals surface area contributed by atoms with Gasteiger partial charge in [-0.15, -0.1) is 0 Å². The normalized spacial score (nSPS) is 12.9. The first-order chi connectivity index (χ1) is 5.75. The predicted molar refractivity (Wildman–Crippen MR) is 52.3 cm³/mol. The molecule has 0 amide bonds. The maximum Gasteiger partial charge on any atom is 0.0305 e. The summed E-state index contributed by atoms with van der Waals surface area (Å²) in [5.41, 5.74) is 2.77. The van der Waals surface area contributed by atoms with Crippen molar-refractivity contribution in [3.05, 3.63) is 29.6 Å². The zero-order valence-corrected chi connectivity index (χ0v) is 8.17. The molecule has 66 valence electrons. The van der Waals surface area contributed by atoms with Gasteiger partial charge in [-0.25, -0.2) is 0 Å². The van der Waals surface area contributed by atoms with Crippen molar-refractivity contribution in [2.24, 2.45) is 0 Å². The fraction of sp³-hybridized carbons (Fsp3) is 0.545. The Kier molecular flexibility index (Phi) is 3.27. The van der Waals surface area contributed by atoms with E-state index in [0.717, 1.165) is 0 Å². The minimum Gasteiger partial charge on any atom is -0.264 e. The Hall–Kier alpha value is -0.850. The zero-order chi connectivity index (χ0) is 8.97. The molecule has 0 aliphatic rings. The molecule has 1 aromatic heterocycles. The minimum atomic E-state index is 0.656. The lowest BCUT2D eigenvalue weighted by atomic mass is 9.95. The van der Waals surface area contributed by atoms with E-state index in [1.165, 1.54) is 24.0 Å². The highest BCUT2D eigenvalue weighted by atomic mass is 14.6. The van der Waals surface area contributed by atoms with Gasteiger partial charge in [0.15, 0.2) is 0 Å². The maximum atomic E-state index is 4.15. The monoisotopic (exact) mass is 163 g/mol. The van der Waals surface area contributed by atoms with Crippen LogP contribution in [0.1, 0.15) is 43.7 Å². The van der Waals surface area contributed by atoms with Crippen LogP contribution in [0.25, 0.3) is 0 Å². The standard InChI is InChI=1S/C11H17N/c1-4-5-9(2)11-8-12-7-6-10(11)3/h6-9H,4-5H2,1-3H3. The van der Waals surface area contributed by atoms with E-state index in [-0.39, 0.29) is 0 Å².